The second kappa shape index (κ2) is 11.0. The van der Waals surface area contributed by atoms with Gasteiger partial charge in [-0.05, 0) is 84.2 Å². The van der Waals surface area contributed by atoms with Crippen molar-refractivity contribution in [1.29, 1.82) is 0 Å². The molecule has 0 spiro atoms. The number of nitrogens with zero attached hydrogens (tertiary/aromatic N) is 4. The number of carbonyl (C=O) groups is 1. The van der Waals surface area contributed by atoms with Gasteiger partial charge in [0.25, 0.3) is 0 Å². The van der Waals surface area contributed by atoms with E-state index in [1.807, 2.05) is 39.1 Å². The Morgan fingerprint density at radius 2 is 2.02 bits per heavy atom. The van der Waals surface area contributed by atoms with Gasteiger partial charge in [0.15, 0.2) is 0 Å². The number of fused-ring (bicyclic) bond motifs is 3. The van der Waals surface area contributed by atoms with E-state index < -0.39 is 21.9 Å². The second-order valence-corrected chi connectivity index (χ2v) is 13.5. The zero-order chi connectivity index (χ0) is 29.8. The van der Waals surface area contributed by atoms with E-state index in [1.165, 1.54) is 4.31 Å². The van der Waals surface area contributed by atoms with E-state index >= 15 is 0 Å². The number of sulfonamides is 1. The first-order valence-electron chi connectivity index (χ1n) is 14.2. The first-order valence-corrected chi connectivity index (χ1v) is 16.0. The molecule has 220 valence electrons. The molecule has 2 heterocycles. The number of benzene rings is 3. The van der Waals surface area contributed by atoms with Crippen molar-refractivity contribution in [2.24, 2.45) is 7.05 Å². The molecule has 2 aliphatic rings. The van der Waals surface area contributed by atoms with Crippen LogP contribution in [-0.2, 0) is 41.3 Å². The number of carboxylic acid groups (broad SMARTS) is 1. The standard InChI is InChI=1S/C31H33ClN4O5S/c1-4-22-17-36(42(39,40)31-26(32)9-6-10-28(31)41-22)16-21-14-20(13-19-7-5-8-24(19)21)25(15-29(37)38)23-11-12-27-30(18(23)2)33-34-35(27)3/h6,9-14,22,25H,4-5,7-8,15-17H2,1-3H3,(H,37,38)/t22-,25?/m1/s1. The average Bonchev–Trinajstić information content (AvgIpc) is 3.55. The molecule has 42 heavy (non-hydrogen) atoms. The third kappa shape index (κ3) is 4.95. The quantitative estimate of drug-likeness (QED) is 0.299. The predicted octanol–water partition coefficient (Wildman–Crippen LogP) is 5.39. The Kier molecular flexibility index (Phi) is 7.49. The van der Waals surface area contributed by atoms with Gasteiger partial charge in [0.2, 0.25) is 10.0 Å². The summed E-state index contributed by atoms with van der Waals surface area (Å²) < 4.78 is 37.4. The lowest BCUT2D eigenvalue weighted by Gasteiger charge is -2.26. The summed E-state index contributed by atoms with van der Waals surface area (Å²) >= 11 is 6.44. The van der Waals surface area contributed by atoms with Gasteiger partial charge in [-0.3, -0.25) is 4.79 Å². The number of hydrogen-bond acceptors (Lipinski definition) is 6. The zero-order valence-electron chi connectivity index (χ0n) is 23.8. The Bertz CT molecular complexity index is 1820. The summed E-state index contributed by atoms with van der Waals surface area (Å²) in [5.74, 6) is -1.08. The van der Waals surface area contributed by atoms with Crippen molar-refractivity contribution >= 4 is 38.6 Å². The normalized spacial score (nSPS) is 18.7. The van der Waals surface area contributed by atoms with Crippen molar-refractivity contribution in [2.75, 3.05) is 6.54 Å². The molecule has 0 radical (unpaired) electrons. The van der Waals surface area contributed by atoms with E-state index in [-0.39, 0.29) is 41.3 Å². The van der Waals surface area contributed by atoms with Gasteiger partial charge in [-0.1, -0.05) is 48.0 Å². The number of aryl methyl sites for hydroxylation is 3. The Morgan fingerprint density at radius 3 is 2.79 bits per heavy atom. The maximum absolute atomic E-state index is 14.0. The van der Waals surface area contributed by atoms with Crippen LogP contribution in [0.15, 0.2) is 47.4 Å². The second-order valence-electron chi connectivity index (χ2n) is 11.2. The molecule has 1 unspecified atom stereocenters. The first kappa shape index (κ1) is 28.6. The van der Waals surface area contributed by atoms with Gasteiger partial charge < -0.3 is 9.84 Å². The fourth-order valence-corrected chi connectivity index (χ4v) is 8.50. The summed E-state index contributed by atoms with van der Waals surface area (Å²) in [7, 11) is -2.15. The molecular weight excluding hydrogens is 576 g/mol. The Morgan fingerprint density at radius 1 is 1.21 bits per heavy atom. The lowest BCUT2D eigenvalue weighted by atomic mass is 9.83. The first-order chi connectivity index (χ1) is 20.1. The number of aliphatic carboxylic acids is 1. The van der Waals surface area contributed by atoms with E-state index in [9.17, 15) is 18.3 Å². The molecule has 3 aromatic carbocycles. The number of hydrogen-bond donors (Lipinski definition) is 1. The fraction of sp³-hybridized carbons (Fsp3) is 0.387. The molecule has 4 aromatic rings. The minimum atomic E-state index is -3.98. The van der Waals surface area contributed by atoms with Crippen LogP contribution in [0.25, 0.3) is 11.0 Å². The molecule has 1 aromatic heterocycles. The minimum Gasteiger partial charge on any atom is -0.488 e. The number of halogens is 1. The molecule has 2 atom stereocenters. The van der Waals surface area contributed by atoms with Crippen molar-refractivity contribution < 1.29 is 23.1 Å². The molecule has 1 aliphatic carbocycles. The third-order valence-electron chi connectivity index (χ3n) is 8.60. The maximum Gasteiger partial charge on any atom is 0.304 e. The highest BCUT2D eigenvalue weighted by atomic mass is 35.5. The van der Waals surface area contributed by atoms with Gasteiger partial charge in [0.05, 0.1) is 23.5 Å². The lowest BCUT2D eigenvalue weighted by Crippen LogP contribution is -2.36. The summed E-state index contributed by atoms with van der Waals surface area (Å²) in [5.41, 5.74) is 7.40. The highest BCUT2D eigenvalue weighted by molar-refractivity contribution is 7.89. The van der Waals surface area contributed by atoms with Crippen LogP contribution in [0.4, 0.5) is 0 Å². The molecule has 9 nitrogen and oxygen atoms in total. The molecule has 1 N–H and O–H groups in total. The molecule has 0 fully saturated rings. The topological polar surface area (TPSA) is 115 Å². The monoisotopic (exact) mass is 608 g/mol. The number of aromatic nitrogens is 3. The van der Waals surface area contributed by atoms with E-state index in [4.69, 9.17) is 16.3 Å². The number of rotatable bonds is 7. The smallest absolute Gasteiger partial charge is 0.304 e. The van der Waals surface area contributed by atoms with Gasteiger partial charge in [0, 0.05) is 19.5 Å². The highest BCUT2D eigenvalue weighted by Gasteiger charge is 2.37. The summed E-state index contributed by atoms with van der Waals surface area (Å²) in [6, 6.07) is 12.9. The largest absolute Gasteiger partial charge is 0.488 e. The van der Waals surface area contributed by atoms with Gasteiger partial charge in [-0.15, -0.1) is 5.10 Å². The van der Waals surface area contributed by atoms with Crippen LogP contribution in [-0.4, -0.2) is 51.4 Å². The molecule has 0 saturated heterocycles. The van der Waals surface area contributed by atoms with Gasteiger partial charge in [-0.2, -0.15) is 4.31 Å². The summed E-state index contributed by atoms with van der Waals surface area (Å²) in [4.78, 5) is 12.2. The maximum atomic E-state index is 14.0. The van der Waals surface area contributed by atoms with Crippen molar-refractivity contribution in [1.82, 2.24) is 19.3 Å². The molecule has 11 heteroatoms. The Balaban J connectivity index is 1.46. The van der Waals surface area contributed by atoms with E-state index in [0.717, 1.165) is 63.7 Å². The third-order valence-corrected chi connectivity index (χ3v) is 10.9. The van der Waals surface area contributed by atoms with E-state index in [0.29, 0.717) is 6.42 Å². The minimum absolute atomic E-state index is 0.00734. The van der Waals surface area contributed by atoms with Gasteiger partial charge >= 0.3 is 5.97 Å². The molecule has 0 amide bonds. The van der Waals surface area contributed by atoms with E-state index in [2.05, 4.69) is 16.4 Å². The van der Waals surface area contributed by atoms with Crippen molar-refractivity contribution in [2.45, 2.75) is 69.4 Å². The Hall–Kier alpha value is -3.47. The van der Waals surface area contributed by atoms with E-state index in [1.54, 1.807) is 22.9 Å². The van der Waals surface area contributed by atoms with Crippen molar-refractivity contribution in [3.05, 3.63) is 80.9 Å². The van der Waals surface area contributed by atoms with Crippen LogP contribution in [0, 0.1) is 6.92 Å². The lowest BCUT2D eigenvalue weighted by molar-refractivity contribution is -0.137. The van der Waals surface area contributed by atoms with Crippen LogP contribution in [0.1, 0.15) is 65.5 Å². The summed E-state index contributed by atoms with van der Waals surface area (Å²) in [5, 5.41) is 18.6. The van der Waals surface area contributed by atoms with Crippen LogP contribution in [0.5, 0.6) is 5.75 Å². The van der Waals surface area contributed by atoms with Gasteiger partial charge in [0.1, 0.15) is 22.3 Å². The SMILES string of the molecule is CC[C@@H]1CN(Cc2cc(C(CC(=O)O)c3ccc4c(nnn4C)c3C)cc3c2CCC3)S(=O)(=O)c2c(Cl)cccc2O1. The summed E-state index contributed by atoms with van der Waals surface area (Å²) in [6.07, 6.45) is 2.85. The molecule has 1 aliphatic heterocycles. The van der Waals surface area contributed by atoms with Gasteiger partial charge in [-0.25, -0.2) is 13.1 Å². The molecule has 0 saturated carbocycles. The van der Waals surface area contributed by atoms with Crippen LogP contribution in [0.3, 0.4) is 0 Å². The average molecular weight is 609 g/mol. The number of carboxylic acids is 1. The fourth-order valence-electron chi connectivity index (χ4n) is 6.43. The predicted molar refractivity (Wildman–Crippen MR) is 160 cm³/mol. The summed E-state index contributed by atoms with van der Waals surface area (Å²) in [6.45, 7) is 4.25. The van der Waals surface area contributed by atoms with Crippen molar-refractivity contribution in [3.8, 4) is 5.75 Å². The molecule has 6 rings (SSSR count). The van der Waals surface area contributed by atoms with Crippen LogP contribution >= 0.6 is 11.6 Å². The number of ether oxygens (including phenoxy) is 1. The van der Waals surface area contributed by atoms with Crippen LogP contribution < -0.4 is 4.74 Å². The molecule has 0 bridgehead atoms. The highest BCUT2D eigenvalue weighted by Crippen LogP contribution is 2.40. The Labute approximate surface area is 250 Å². The van der Waals surface area contributed by atoms with Crippen molar-refractivity contribution in [3.63, 3.8) is 0 Å². The zero-order valence-corrected chi connectivity index (χ0v) is 25.4. The van der Waals surface area contributed by atoms with Crippen LogP contribution in [0.2, 0.25) is 5.02 Å². The molecular formula is C31H33ClN4O5S.